The van der Waals surface area contributed by atoms with Gasteiger partial charge in [-0.15, -0.1) is 0 Å². The maximum atomic E-state index is 11.6. The number of amides is 1. The third-order valence-corrected chi connectivity index (χ3v) is 3.18. The van der Waals surface area contributed by atoms with Crippen LogP contribution in [0.2, 0.25) is 10.0 Å². The van der Waals surface area contributed by atoms with Gasteiger partial charge in [0.1, 0.15) is 6.61 Å². The molecule has 0 spiro atoms. The van der Waals surface area contributed by atoms with Gasteiger partial charge >= 0.3 is 5.97 Å². The molecule has 0 aliphatic rings. The second kappa shape index (κ2) is 9.60. The molecule has 116 valence electrons. The van der Waals surface area contributed by atoms with Gasteiger partial charge in [-0.2, -0.15) is 0 Å². The quantitative estimate of drug-likeness (QED) is 0.586. The third kappa shape index (κ3) is 7.32. The smallest absolute Gasteiger partial charge is 0.306 e. The van der Waals surface area contributed by atoms with Gasteiger partial charge in [0, 0.05) is 30.1 Å². The second-order valence-corrected chi connectivity index (χ2v) is 5.07. The van der Waals surface area contributed by atoms with E-state index in [0.29, 0.717) is 16.7 Å². The van der Waals surface area contributed by atoms with Crippen LogP contribution in [0.5, 0.6) is 0 Å². The Morgan fingerprint density at radius 2 is 1.95 bits per heavy atom. The Labute approximate surface area is 133 Å². The molecule has 0 bridgehead atoms. The molecule has 0 fully saturated rings. The van der Waals surface area contributed by atoms with Crippen LogP contribution in [-0.2, 0) is 25.6 Å². The Bertz CT molecular complexity index is 494. The summed E-state index contributed by atoms with van der Waals surface area (Å²) in [6.07, 6.45) is 0.0981. The minimum atomic E-state index is -0.424. The third-order valence-electron chi connectivity index (χ3n) is 2.60. The number of methoxy groups -OCH3 is 1. The van der Waals surface area contributed by atoms with Gasteiger partial charge in [0.2, 0.25) is 5.91 Å². The van der Waals surface area contributed by atoms with E-state index in [0.717, 1.165) is 5.56 Å². The van der Waals surface area contributed by atoms with Gasteiger partial charge in [0.25, 0.3) is 0 Å². The highest BCUT2D eigenvalue weighted by atomic mass is 35.5. The first kappa shape index (κ1) is 17.8. The molecule has 0 radical (unpaired) electrons. The first-order valence-electron chi connectivity index (χ1n) is 6.38. The number of halogens is 2. The van der Waals surface area contributed by atoms with Gasteiger partial charge in [0.15, 0.2) is 0 Å². The lowest BCUT2D eigenvalue weighted by Gasteiger charge is -2.07. The molecule has 1 rings (SSSR count). The maximum Gasteiger partial charge on any atom is 0.306 e. The number of hydrogen-bond donors (Lipinski definition) is 1. The van der Waals surface area contributed by atoms with Gasteiger partial charge in [-0.05, 0) is 17.7 Å². The highest BCUT2D eigenvalue weighted by molar-refractivity contribution is 6.35. The van der Waals surface area contributed by atoms with E-state index < -0.39 is 5.97 Å². The summed E-state index contributed by atoms with van der Waals surface area (Å²) in [6, 6.07) is 5.05. The highest BCUT2D eigenvalue weighted by Crippen LogP contribution is 2.20. The fraction of sp³-hybridized carbons (Fsp3) is 0.429. The summed E-state index contributed by atoms with van der Waals surface area (Å²) < 4.78 is 9.59. The number of nitrogens with one attached hydrogen (secondary N) is 1. The molecular formula is C14H17Cl2NO4. The van der Waals surface area contributed by atoms with Gasteiger partial charge < -0.3 is 14.8 Å². The van der Waals surface area contributed by atoms with Gasteiger partial charge in [-0.3, -0.25) is 9.59 Å². The van der Waals surface area contributed by atoms with Crippen molar-refractivity contribution in [2.45, 2.75) is 19.4 Å². The van der Waals surface area contributed by atoms with Crippen LogP contribution in [0.15, 0.2) is 18.2 Å². The monoisotopic (exact) mass is 333 g/mol. The van der Waals surface area contributed by atoms with Crippen LogP contribution in [0.25, 0.3) is 0 Å². The van der Waals surface area contributed by atoms with E-state index in [1.807, 2.05) is 0 Å². The highest BCUT2D eigenvalue weighted by Gasteiger charge is 2.09. The molecule has 5 nitrogen and oxygen atoms in total. The molecular weight excluding hydrogens is 317 g/mol. The number of rotatable bonds is 8. The van der Waals surface area contributed by atoms with Crippen LogP contribution in [0.1, 0.15) is 18.4 Å². The van der Waals surface area contributed by atoms with Crippen LogP contribution in [0, 0.1) is 0 Å². The lowest BCUT2D eigenvalue weighted by Crippen LogP contribution is -2.24. The molecule has 0 heterocycles. The second-order valence-electron chi connectivity index (χ2n) is 4.23. The van der Waals surface area contributed by atoms with Crippen molar-refractivity contribution in [1.29, 1.82) is 0 Å². The van der Waals surface area contributed by atoms with Crippen LogP contribution in [0.3, 0.4) is 0 Å². The molecule has 0 atom stereocenters. The Hall–Kier alpha value is -1.30. The minimum absolute atomic E-state index is 0.0316. The van der Waals surface area contributed by atoms with E-state index in [4.69, 9.17) is 32.7 Å². The van der Waals surface area contributed by atoms with Crippen molar-refractivity contribution < 1.29 is 19.1 Å². The zero-order valence-electron chi connectivity index (χ0n) is 11.7. The topological polar surface area (TPSA) is 64.6 Å². The summed E-state index contributed by atoms with van der Waals surface area (Å²) in [4.78, 5) is 22.9. The average molecular weight is 334 g/mol. The summed E-state index contributed by atoms with van der Waals surface area (Å²) in [6.45, 7) is 0.817. The molecule has 7 heteroatoms. The number of ether oxygens (including phenoxy) is 2. The van der Waals surface area contributed by atoms with Crippen LogP contribution >= 0.6 is 23.2 Å². The molecule has 1 N–H and O–H groups in total. The van der Waals surface area contributed by atoms with Crippen LogP contribution in [-0.4, -0.2) is 32.2 Å². The van der Waals surface area contributed by atoms with Gasteiger partial charge in [0.05, 0.1) is 13.0 Å². The SMILES string of the molecule is COCCOC(=O)CCC(=O)NCc1ccc(Cl)cc1Cl. The van der Waals surface area contributed by atoms with Crippen molar-refractivity contribution in [3.05, 3.63) is 33.8 Å². The lowest BCUT2D eigenvalue weighted by atomic mass is 10.2. The fourth-order valence-electron chi connectivity index (χ4n) is 1.47. The Morgan fingerprint density at radius 3 is 2.62 bits per heavy atom. The number of carbonyl (C=O) groups is 2. The summed E-state index contributed by atoms with van der Waals surface area (Å²) in [5.41, 5.74) is 0.761. The van der Waals surface area contributed by atoms with Gasteiger partial charge in [-0.1, -0.05) is 29.3 Å². The minimum Gasteiger partial charge on any atom is -0.463 e. The van der Waals surface area contributed by atoms with Crippen molar-refractivity contribution in [3.63, 3.8) is 0 Å². The number of esters is 1. The van der Waals surface area contributed by atoms with Crippen molar-refractivity contribution in [2.24, 2.45) is 0 Å². The summed E-state index contributed by atoms with van der Waals surface area (Å²) in [5, 5.41) is 3.71. The van der Waals surface area contributed by atoms with Crippen molar-refractivity contribution in [3.8, 4) is 0 Å². The number of hydrogen-bond acceptors (Lipinski definition) is 4. The first-order valence-corrected chi connectivity index (χ1v) is 7.13. The van der Waals surface area contributed by atoms with E-state index >= 15 is 0 Å². The predicted octanol–water partition coefficient (Wildman–Crippen LogP) is 2.58. The molecule has 0 aromatic heterocycles. The lowest BCUT2D eigenvalue weighted by molar-refractivity contribution is -0.146. The molecule has 0 saturated heterocycles. The van der Waals surface area contributed by atoms with E-state index in [-0.39, 0.29) is 31.9 Å². The van der Waals surface area contributed by atoms with Crippen molar-refractivity contribution in [2.75, 3.05) is 20.3 Å². The standard InChI is InChI=1S/C14H17Cl2NO4/c1-20-6-7-21-14(19)5-4-13(18)17-9-10-2-3-11(15)8-12(10)16/h2-3,8H,4-7,9H2,1H3,(H,17,18). The summed E-state index contributed by atoms with van der Waals surface area (Å²) in [7, 11) is 1.52. The Kier molecular flexibility index (Phi) is 8.12. The summed E-state index contributed by atoms with van der Waals surface area (Å²) >= 11 is 11.8. The van der Waals surface area contributed by atoms with Crippen LogP contribution in [0.4, 0.5) is 0 Å². The molecule has 1 aromatic carbocycles. The van der Waals surface area contributed by atoms with Gasteiger partial charge in [-0.25, -0.2) is 0 Å². The summed E-state index contributed by atoms with van der Waals surface area (Å²) in [5.74, 6) is -0.670. The molecule has 0 unspecified atom stereocenters. The molecule has 0 saturated carbocycles. The van der Waals surface area contributed by atoms with Crippen molar-refractivity contribution >= 4 is 35.1 Å². The Morgan fingerprint density at radius 1 is 1.19 bits per heavy atom. The molecule has 0 aliphatic heterocycles. The van der Waals surface area contributed by atoms with E-state index in [2.05, 4.69) is 5.32 Å². The predicted molar refractivity (Wildman–Crippen MR) is 80.4 cm³/mol. The maximum absolute atomic E-state index is 11.6. The largest absolute Gasteiger partial charge is 0.463 e. The van der Waals surface area contributed by atoms with E-state index in [1.165, 1.54) is 7.11 Å². The zero-order chi connectivity index (χ0) is 15.7. The number of benzene rings is 1. The van der Waals surface area contributed by atoms with Crippen molar-refractivity contribution in [1.82, 2.24) is 5.32 Å². The molecule has 21 heavy (non-hydrogen) atoms. The average Bonchev–Trinajstić information content (AvgIpc) is 2.44. The molecule has 1 aromatic rings. The zero-order valence-corrected chi connectivity index (χ0v) is 13.2. The van der Waals surface area contributed by atoms with E-state index in [9.17, 15) is 9.59 Å². The number of carbonyl (C=O) groups excluding carboxylic acids is 2. The first-order chi connectivity index (χ1) is 10.0. The molecule has 1 amide bonds. The van der Waals surface area contributed by atoms with E-state index in [1.54, 1.807) is 18.2 Å². The Balaban J connectivity index is 2.26. The fourth-order valence-corrected chi connectivity index (χ4v) is 1.95. The normalized spacial score (nSPS) is 10.2. The van der Waals surface area contributed by atoms with Crippen LogP contribution < -0.4 is 5.32 Å². The molecule has 0 aliphatic carbocycles.